The number of fused-ring (bicyclic) bond motifs is 3. The van der Waals surface area contributed by atoms with Crippen LogP contribution >= 0.6 is 0 Å². The van der Waals surface area contributed by atoms with E-state index < -0.39 is 0 Å². The van der Waals surface area contributed by atoms with Gasteiger partial charge in [-0.05, 0) is 19.1 Å². The van der Waals surface area contributed by atoms with Gasteiger partial charge in [0.1, 0.15) is 17.4 Å². The number of rotatable bonds is 4. The number of hydrogen-bond donors (Lipinski definition) is 0. The molecule has 0 spiro atoms. The third-order valence-corrected chi connectivity index (χ3v) is 3.95. The minimum atomic E-state index is 0.730. The van der Waals surface area contributed by atoms with Crippen molar-refractivity contribution >= 4 is 27.9 Å². The van der Waals surface area contributed by atoms with E-state index in [4.69, 9.17) is 4.42 Å². The van der Waals surface area contributed by atoms with Crippen molar-refractivity contribution in [2.24, 2.45) is 7.05 Å². The molecule has 3 aromatic heterocycles. The minimum Gasteiger partial charge on any atom is -0.450 e. The number of furan rings is 1. The van der Waals surface area contributed by atoms with Crippen LogP contribution in [0.15, 0.2) is 47.4 Å². The second kappa shape index (κ2) is 5.39. The van der Waals surface area contributed by atoms with Crippen molar-refractivity contribution in [1.29, 1.82) is 0 Å². The fourth-order valence-electron chi connectivity index (χ4n) is 2.85. The van der Waals surface area contributed by atoms with E-state index in [2.05, 4.69) is 26.9 Å². The van der Waals surface area contributed by atoms with Crippen molar-refractivity contribution < 1.29 is 4.42 Å². The lowest BCUT2D eigenvalue weighted by Crippen LogP contribution is -2.23. The summed E-state index contributed by atoms with van der Waals surface area (Å²) in [4.78, 5) is 11.1. The Labute approximate surface area is 133 Å². The van der Waals surface area contributed by atoms with Crippen LogP contribution in [-0.4, -0.2) is 26.3 Å². The van der Waals surface area contributed by atoms with Gasteiger partial charge in [0.25, 0.3) is 0 Å². The van der Waals surface area contributed by atoms with Gasteiger partial charge in [-0.2, -0.15) is 5.10 Å². The second-order valence-electron chi connectivity index (χ2n) is 5.51. The number of benzene rings is 1. The molecule has 0 saturated carbocycles. The number of aryl methyl sites for hydroxylation is 1. The number of para-hydroxylation sites is 1. The van der Waals surface area contributed by atoms with Crippen LogP contribution in [0.5, 0.6) is 0 Å². The summed E-state index contributed by atoms with van der Waals surface area (Å²) in [5, 5.41) is 5.25. The highest BCUT2D eigenvalue weighted by molar-refractivity contribution is 6.05. The van der Waals surface area contributed by atoms with Gasteiger partial charge in [-0.25, -0.2) is 9.97 Å². The maximum absolute atomic E-state index is 6.02. The Morgan fingerprint density at radius 1 is 1.22 bits per heavy atom. The van der Waals surface area contributed by atoms with Crippen LogP contribution in [0.3, 0.4) is 0 Å². The van der Waals surface area contributed by atoms with Crippen molar-refractivity contribution in [2.45, 2.75) is 13.5 Å². The first-order valence-electron chi connectivity index (χ1n) is 7.61. The van der Waals surface area contributed by atoms with Crippen LogP contribution in [0.2, 0.25) is 0 Å². The van der Waals surface area contributed by atoms with E-state index in [1.54, 1.807) is 11.0 Å². The highest BCUT2D eigenvalue weighted by Crippen LogP contribution is 2.32. The van der Waals surface area contributed by atoms with E-state index >= 15 is 0 Å². The zero-order chi connectivity index (χ0) is 15.8. The first kappa shape index (κ1) is 13.8. The molecule has 0 aliphatic rings. The topological polar surface area (TPSA) is 60.0 Å². The smallest absolute Gasteiger partial charge is 0.196 e. The molecule has 0 radical (unpaired) electrons. The molecule has 1 aromatic carbocycles. The first-order chi connectivity index (χ1) is 11.3. The quantitative estimate of drug-likeness (QED) is 0.579. The first-order valence-corrected chi connectivity index (χ1v) is 7.61. The Morgan fingerprint density at radius 2 is 2.09 bits per heavy atom. The number of anilines is 1. The molecule has 0 unspecified atom stereocenters. The molecule has 4 aromatic rings. The van der Waals surface area contributed by atoms with Gasteiger partial charge < -0.3 is 9.32 Å². The van der Waals surface area contributed by atoms with Crippen molar-refractivity contribution in [2.75, 3.05) is 11.4 Å². The monoisotopic (exact) mass is 307 g/mol. The minimum absolute atomic E-state index is 0.730. The van der Waals surface area contributed by atoms with E-state index in [-0.39, 0.29) is 0 Å². The lowest BCUT2D eigenvalue weighted by atomic mass is 10.2. The molecule has 0 amide bonds. The summed E-state index contributed by atoms with van der Waals surface area (Å²) in [6.07, 6.45) is 5.49. The average molecular weight is 307 g/mol. The summed E-state index contributed by atoms with van der Waals surface area (Å²) in [5.41, 5.74) is 3.56. The SMILES string of the molecule is CCN(Cc1cnn(C)c1)c1ncnc2c1oc1ccccc12. The molecule has 23 heavy (non-hydrogen) atoms. The van der Waals surface area contributed by atoms with Crippen molar-refractivity contribution in [3.05, 3.63) is 48.5 Å². The third-order valence-electron chi connectivity index (χ3n) is 3.95. The Kier molecular flexibility index (Phi) is 3.22. The lowest BCUT2D eigenvalue weighted by molar-refractivity contribution is 0.659. The number of hydrogen-bond acceptors (Lipinski definition) is 5. The average Bonchev–Trinajstić information content (AvgIpc) is 3.15. The molecule has 0 aliphatic heterocycles. The van der Waals surface area contributed by atoms with Gasteiger partial charge in [-0.3, -0.25) is 4.68 Å². The molecule has 0 saturated heterocycles. The summed E-state index contributed by atoms with van der Waals surface area (Å²) in [7, 11) is 1.92. The Bertz CT molecular complexity index is 971. The summed E-state index contributed by atoms with van der Waals surface area (Å²) in [6, 6.07) is 7.94. The van der Waals surface area contributed by atoms with E-state index in [0.717, 1.165) is 46.5 Å². The molecule has 0 aliphatic carbocycles. The van der Waals surface area contributed by atoms with Crippen LogP contribution in [0, 0.1) is 0 Å². The third kappa shape index (κ3) is 2.32. The summed E-state index contributed by atoms with van der Waals surface area (Å²) in [5.74, 6) is 0.817. The van der Waals surface area contributed by atoms with Gasteiger partial charge in [0.2, 0.25) is 0 Å². The second-order valence-corrected chi connectivity index (χ2v) is 5.51. The molecule has 0 N–H and O–H groups in total. The van der Waals surface area contributed by atoms with Crippen LogP contribution in [0.25, 0.3) is 22.1 Å². The molecule has 3 heterocycles. The maximum atomic E-state index is 6.02. The Hall–Kier alpha value is -2.89. The van der Waals surface area contributed by atoms with Gasteiger partial charge in [0.15, 0.2) is 11.4 Å². The van der Waals surface area contributed by atoms with Crippen molar-refractivity contribution in [3.63, 3.8) is 0 Å². The predicted octanol–water partition coefficient (Wildman–Crippen LogP) is 3.14. The largest absolute Gasteiger partial charge is 0.450 e. The van der Waals surface area contributed by atoms with Crippen LogP contribution in [0.4, 0.5) is 5.82 Å². The van der Waals surface area contributed by atoms with Gasteiger partial charge in [-0.1, -0.05) is 12.1 Å². The predicted molar refractivity (Wildman–Crippen MR) is 89.2 cm³/mol. The molecule has 0 fully saturated rings. The van der Waals surface area contributed by atoms with Gasteiger partial charge in [-0.15, -0.1) is 0 Å². The fourth-order valence-corrected chi connectivity index (χ4v) is 2.85. The van der Waals surface area contributed by atoms with E-state index in [1.165, 1.54) is 0 Å². The van der Waals surface area contributed by atoms with Crippen molar-refractivity contribution in [3.8, 4) is 0 Å². The molecule has 0 atom stereocenters. The van der Waals surface area contributed by atoms with E-state index in [1.807, 2.05) is 43.7 Å². The van der Waals surface area contributed by atoms with Gasteiger partial charge in [0.05, 0.1) is 6.20 Å². The molecule has 116 valence electrons. The highest BCUT2D eigenvalue weighted by atomic mass is 16.3. The molecule has 6 heteroatoms. The van der Waals surface area contributed by atoms with Crippen LogP contribution in [0.1, 0.15) is 12.5 Å². The Balaban J connectivity index is 1.82. The maximum Gasteiger partial charge on any atom is 0.196 e. The zero-order valence-corrected chi connectivity index (χ0v) is 13.1. The summed E-state index contributed by atoms with van der Waals surface area (Å²) in [6.45, 7) is 3.65. The lowest BCUT2D eigenvalue weighted by Gasteiger charge is -2.20. The standard InChI is InChI=1S/C17H17N5O/c1-3-22(10-12-8-20-21(2)9-12)17-16-15(18-11-19-17)13-6-4-5-7-14(13)23-16/h4-9,11H,3,10H2,1-2H3. The van der Waals surface area contributed by atoms with Crippen LogP contribution in [-0.2, 0) is 13.6 Å². The zero-order valence-electron chi connectivity index (χ0n) is 13.1. The summed E-state index contributed by atoms with van der Waals surface area (Å²) < 4.78 is 7.83. The fraction of sp³-hybridized carbons (Fsp3) is 0.235. The van der Waals surface area contributed by atoms with Gasteiger partial charge in [0, 0.05) is 37.3 Å². The normalized spacial score (nSPS) is 11.4. The Morgan fingerprint density at radius 3 is 2.87 bits per heavy atom. The van der Waals surface area contributed by atoms with Crippen molar-refractivity contribution in [1.82, 2.24) is 19.7 Å². The van der Waals surface area contributed by atoms with Gasteiger partial charge >= 0.3 is 0 Å². The summed E-state index contributed by atoms with van der Waals surface area (Å²) >= 11 is 0. The molecule has 0 bridgehead atoms. The molecular formula is C17H17N5O. The van der Waals surface area contributed by atoms with Crippen LogP contribution < -0.4 is 4.90 Å². The van der Waals surface area contributed by atoms with E-state index in [9.17, 15) is 0 Å². The molecule has 6 nitrogen and oxygen atoms in total. The number of nitrogens with zero attached hydrogens (tertiary/aromatic N) is 5. The number of aromatic nitrogens is 4. The highest BCUT2D eigenvalue weighted by Gasteiger charge is 2.17. The molecule has 4 rings (SSSR count). The van der Waals surface area contributed by atoms with E-state index in [0.29, 0.717) is 0 Å². The molecular weight excluding hydrogens is 290 g/mol.